The molecule has 0 radical (unpaired) electrons. The Morgan fingerprint density at radius 3 is 2.60 bits per heavy atom. The Morgan fingerprint density at radius 1 is 1.40 bits per heavy atom. The van der Waals surface area contributed by atoms with Crippen LogP contribution >= 0.6 is 0 Å². The number of amides is 2. The maximum absolute atomic E-state index is 11.4. The molecule has 1 heterocycles. The number of hydrogen-bond donors (Lipinski definition) is 2. The third-order valence-electron chi connectivity index (χ3n) is 2.71. The van der Waals surface area contributed by atoms with E-state index in [-0.39, 0.29) is 17.9 Å². The molecule has 4 nitrogen and oxygen atoms in total. The van der Waals surface area contributed by atoms with Crippen LogP contribution in [0.15, 0.2) is 24.3 Å². The van der Waals surface area contributed by atoms with Gasteiger partial charge in [0.2, 0.25) is 0 Å². The van der Waals surface area contributed by atoms with E-state index in [1.54, 1.807) is 11.9 Å². The first kappa shape index (κ1) is 9.71. The molecule has 1 aromatic carbocycles. The largest absolute Gasteiger partial charge is 0.323 e. The summed E-state index contributed by atoms with van der Waals surface area (Å²) in [5, 5.41) is 10.2. The molecule has 1 fully saturated rings. The Morgan fingerprint density at radius 2 is 2.07 bits per heavy atom. The molecule has 0 saturated carbocycles. The number of nitrogens with zero attached hydrogens (tertiary/aromatic N) is 1. The van der Waals surface area contributed by atoms with Crippen LogP contribution in [0.25, 0.3) is 0 Å². The van der Waals surface area contributed by atoms with Crippen LogP contribution in [0.1, 0.15) is 17.2 Å². The predicted molar refractivity (Wildman–Crippen MR) is 57.9 cm³/mol. The molecule has 0 spiro atoms. The van der Waals surface area contributed by atoms with Gasteiger partial charge in [-0.25, -0.2) is 4.79 Å². The van der Waals surface area contributed by atoms with Crippen molar-refractivity contribution in [2.75, 3.05) is 7.05 Å². The number of likely N-dealkylation sites (N-methyl/N-ethyl adjacent to an activating group) is 1. The molecule has 0 aromatic heterocycles. The lowest BCUT2D eigenvalue weighted by Gasteiger charge is -2.19. The summed E-state index contributed by atoms with van der Waals surface area (Å²) in [6.45, 7) is 1.99. The van der Waals surface area contributed by atoms with Gasteiger partial charge >= 0.3 is 6.03 Å². The zero-order valence-corrected chi connectivity index (χ0v) is 8.74. The molecule has 1 unspecified atom stereocenters. The van der Waals surface area contributed by atoms with Crippen molar-refractivity contribution < 1.29 is 4.79 Å². The Kier molecular flexibility index (Phi) is 2.19. The van der Waals surface area contributed by atoms with Crippen LogP contribution in [-0.2, 0) is 0 Å². The summed E-state index contributed by atoms with van der Waals surface area (Å²) in [7, 11) is 1.70. The zero-order valence-electron chi connectivity index (χ0n) is 8.74. The van der Waals surface area contributed by atoms with Crippen molar-refractivity contribution in [2.45, 2.75) is 13.0 Å². The Bertz CT molecular complexity index is 428. The highest BCUT2D eigenvalue weighted by Crippen LogP contribution is 2.26. The standard InChI is InChI=1S/C11H13N3O/c1-7-5-3-4-6-8(7)9-10(12)13-11(15)14(9)2/h3-6,9H,1-2H3,(H2,12,13,15). The summed E-state index contributed by atoms with van der Waals surface area (Å²) in [5.41, 5.74) is 2.10. The minimum atomic E-state index is -0.265. The van der Waals surface area contributed by atoms with Crippen LogP contribution in [0, 0.1) is 12.3 Å². The Hall–Kier alpha value is -1.84. The molecular weight excluding hydrogens is 190 g/mol. The molecule has 1 aliphatic rings. The van der Waals surface area contributed by atoms with E-state index in [1.165, 1.54) is 0 Å². The van der Waals surface area contributed by atoms with Crippen LogP contribution in [0.3, 0.4) is 0 Å². The molecule has 0 aliphatic carbocycles. The lowest BCUT2D eigenvalue weighted by Crippen LogP contribution is -2.25. The fourth-order valence-corrected chi connectivity index (χ4v) is 1.84. The van der Waals surface area contributed by atoms with Crippen molar-refractivity contribution in [3.63, 3.8) is 0 Å². The monoisotopic (exact) mass is 203 g/mol. The lowest BCUT2D eigenvalue weighted by atomic mass is 10.0. The predicted octanol–water partition coefficient (Wildman–Crippen LogP) is 1.67. The van der Waals surface area contributed by atoms with E-state index in [9.17, 15) is 4.79 Å². The van der Waals surface area contributed by atoms with Gasteiger partial charge in [0.1, 0.15) is 11.9 Å². The maximum atomic E-state index is 11.4. The Balaban J connectivity index is 2.43. The highest BCUT2D eigenvalue weighted by atomic mass is 16.2. The number of carbonyl (C=O) groups is 1. The van der Waals surface area contributed by atoms with Gasteiger partial charge in [-0.2, -0.15) is 0 Å². The molecule has 4 heteroatoms. The number of aryl methyl sites for hydroxylation is 1. The van der Waals surface area contributed by atoms with Gasteiger partial charge in [0.15, 0.2) is 0 Å². The fourth-order valence-electron chi connectivity index (χ4n) is 1.84. The van der Waals surface area contributed by atoms with Gasteiger partial charge in [-0.1, -0.05) is 24.3 Å². The van der Waals surface area contributed by atoms with E-state index in [0.29, 0.717) is 0 Å². The number of benzene rings is 1. The number of carbonyl (C=O) groups excluding carboxylic acids is 1. The topological polar surface area (TPSA) is 56.2 Å². The van der Waals surface area contributed by atoms with Gasteiger partial charge in [-0.3, -0.25) is 10.7 Å². The van der Waals surface area contributed by atoms with Crippen LogP contribution in [-0.4, -0.2) is 23.8 Å². The van der Waals surface area contributed by atoms with Crippen LogP contribution in [0.2, 0.25) is 0 Å². The third kappa shape index (κ3) is 1.48. The Labute approximate surface area is 88.4 Å². The molecule has 2 amide bonds. The SMILES string of the molecule is Cc1ccccc1C1C(=N)NC(=O)N1C. The van der Waals surface area contributed by atoms with Gasteiger partial charge in [0.05, 0.1) is 0 Å². The van der Waals surface area contributed by atoms with E-state index in [4.69, 9.17) is 5.41 Å². The fraction of sp³-hybridized carbons (Fsp3) is 0.273. The average molecular weight is 203 g/mol. The molecule has 1 aliphatic heterocycles. The molecule has 1 atom stereocenters. The second kappa shape index (κ2) is 3.38. The summed E-state index contributed by atoms with van der Waals surface area (Å²) >= 11 is 0. The second-order valence-electron chi connectivity index (χ2n) is 3.71. The first-order valence-electron chi connectivity index (χ1n) is 4.79. The molecule has 2 N–H and O–H groups in total. The smallest absolute Gasteiger partial charge is 0.313 e. The third-order valence-corrected chi connectivity index (χ3v) is 2.71. The highest BCUT2D eigenvalue weighted by Gasteiger charge is 2.34. The number of hydrogen-bond acceptors (Lipinski definition) is 2. The normalized spacial score (nSPS) is 20.7. The summed E-state index contributed by atoms with van der Waals surface area (Å²) in [6, 6.07) is 7.33. The van der Waals surface area contributed by atoms with E-state index in [0.717, 1.165) is 11.1 Å². The first-order valence-corrected chi connectivity index (χ1v) is 4.79. The number of rotatable bonds is 1. The maximum Gasteiger partial charge on any atom is 0.323 e. The zero-order chi connectivity index (χ0) is 11.0. The summed E-state index contributed by atoms with van der Waals surface area (Å²) in [4.78, 5) is 12.9. The lowest BCUT2D eigenvalue weighted by molar-refractivity contribution is 0.217. The van der Waals surface area contributed by atoms with Crippen LogP contribution in [0.4, 0.5) is 4.79 Å². The molecule has 0 bridgehead atoms. The van der Waals surface area contributed by atoms with E-state index >= 15 is 0 Å². The van der Waals surface area contributed by atoms with Crippen molar-refractivity contribution >= 4 is 11.9 Å². The molecule has 1 saturated heterocycles. The average Bonchev–Trinajstić information content (AvgIpc) is 2.43. The number of amidine groups is 1. The minimum Gasteiger partial charge on any atom is -0.313 e. The van der Waals surface area contributed by atoms with Gasteiger partial charge in [0.25, 0.3) is 0 Å². The van der Waals surface area contributed by atoms with Crippen molar-refractivity contribution in [3.05, 3.63) is 35.4 Å². The summed E-state index contributed by atoms with van der Waals surface area (Å²) in [5.74, 6) is 0.247. The molecule has 78 valence electrons. The van der Waals surface area contributed by atoms with Gasteiger partial charge in [-0.05, 0) is 18.1 Å². The second-order valence-corrected chi connectivity index (χ2v) is 3.71. The first-order chi connectivity index (χ1) is 7.11. The molecule has 15 heavy (non-hydrogen) atoms. The van der Waals surface area contributed by atoms with E-state index < -0.39 is 0 Å². The van der Waals surface area contributed by atoms with Crippen molar-refractivity contribution in [1.82, 2.24) is 10.2 Å². The molecular formula is C11H13N3O. The van der Waals surface area contributed by atoms with E-state index in [1.807, 2.05) is 31.2 Å². The summed E-state index contributed by atoms with van der Waals surface area (Å²) in [6.07, 6.45) is 0. The molecule has 1 aromatic rings. The van der Waals surface area contributed by atoms with Gasteiger partial charge in [-0.15, -0.1) is 0 Å². The number of urea groups is 1. The van der Waals surface area contributed by atoms with Gasteiger partial charge in [0, 0.05) is 7.05 Å². The number of nitrogens with one attached hydrogen (secondary N) is 2. The van der Waals surface area contributed by atoms with Crippen molar-refractivity contribution in [3.8, 4) is 0 Å². The van der Waals surface area contributed by atoms with Gasteiger partial charge < -0.3 is 4.90 Å². The van der Waals surface area contributed by atoms with Crippen LogP contribution in [0.5, 0.6) is 0 Å². The highest BCUT2D eigenvalue weighted by molar-refractivity contribution is 6.05. The molecule has 2 rings (SSSR count). The van der Waals surface area contributed by atoms with Crippen LogP contribution < -0.4 is 5.32 Å². The quantitative estimate of drug-likeness (QED) is 0.716. The minimum absolute atomic E-state index is 0.215. The van der Waals surface area contributed by atoms with E-state index in [2.05, 4.69) is 5.32 Å². The van der Waals surface area contributed by atoms with Crippen molar-refractivity contribution in [1.29, 1.82) is 5.41 Å². The van der Waals surface area contributed by atoms with Crippen molar-refractivity contribution in [2.24, 2.45) is 0 Å². The summed E-state index contributed by atoms with van der Waals surface area (Å²) < 4.78 is 0.